The number of fused-ring (bicyclic) bond motifs is 1. The molecule has 0 N–H and O–H groups in total. The molecule has 0 saturated heterocycles. The Labute approximate surface area is 95.5 Å². The smallest absolute Gasteiger partial charge is 0.254 e. The fourth-order valence-electron chi connectivity index (χ4n) is 2.06. The van der Waals surface area contributed by atoms with E-state index < -0.39 is 0 Å². The molecule has 0 fully saturated rings. The minimum absolute atomic E-state index is 0.0905. The first kappa shape index (κ1) is 10.7. The van der Waals surface area contributed by atoms with Crippen molar-refractivity contribution >= 4 is 11.6 Å². The SMILES string of the molecule is [C-]#[N+]c1ccc2c(c1)CCN(C(C)C)C2=O. The van der Waals surface area contributed by atoms with E-state index in [1.165, 1.54) is 0 Å². The zero-order chi connectivity index (χ0) is 11.7. The lowest BCUT2D eigenvalue weighted by Crippen LogP contribution is -2.42. The van der Waals surface area contributed by atoms with Crippen LogP contribution in [-0.2, 0) is 6.42 Å². The second-order valence-corrected chi connectivity index (χ2v) is 4.30. The molecule has 1 aromatic rings. The van der Waals surface area contributed by atoms with Gasteiger partial charge in [0.05, 0.1) is 6.57 Å². The molecular formula is C13H14N2O. The van der Waals surface area contributed by atoms with Crippen molar-refractivity contribution in [2.75, 3.05) is 6.54 Å². The largest absolute Gasteiger partial charge is 0.336 e. The maximum atomic E-state index is 12.1. The van der Waals surface area contributed by atoms with Crippen molar-refractivity contribution in [3.63, 3.8) is 0 Å². The average Bonchev–Trinajstić information content (AvgIpc) is 2.28. The van der Waals surface area contributed by atoms with Crippen LogP contribution < -0.4 is 0 Å². The van der Waals surface area contributed by atoms with Gasteiger partial charge in [-0.05, 0) is 25.8 Å². The maximum absolute atomic E-state index is 12.1. The Balaban J connectivity index is 2.40. The third kappa shape index (κ3) is 1.67. The van der Waals surface area contributed by atoms with Gasteiger partial charge in [0.1, 0.15) is 0 Å². The van der Waals surface area contributed by atoms with Gasteiger partial charge in [0.15, 0.2) is 5.69 Å². The van der Waals surface area contributed by atoms with Gasteiger partial charge in [-0.1, -0.05) is 18.2 Å². The van der Waals surface area contributed by atoms with Gasteiger partial charge in [0, 0.05) is 18.2 Å². The number of carbonyl (C=O) groups excluding carboxylic acids is 1. The highest BCUT2D eigenvalue weighted by Gasteiger charge is 2.25. The Morgan fingerprint density at radius 1 is 1.44 bits per heavy atom. The van der Waals surface area contributed by atoms with Crippen molar-refractivity contribution < 1.29 is 4.79 Å². The predicted octanol–water partition coefficient (Wildman–Crippen LogP) is 2.64. The lowest BCUT2D eigenvalue weighted by Gasteiger charge is -2.31. The van der Waals surface area contributed by atoms with Crippen molar-refractivity contribution in [1.82, 2.24) is 4.90 Å². The van der Waals surface area contributed by atoms with Gasteiger partial charge < -0.3 is 4.90 Å². The molecule has 0 unspecified atom stereocenters. The molecule has 0 radical (unpaired) electrons. The molecule has 1 aromatic carbocycles. The van der Waals surface area contributed by atoms with E-state index >= 15 is 0 Å². The lowest BCUT2D eigenvalue weighted by molar-refractivity contribution is 0.0688. The van der Waals surface area contributed by atoms with Gasteiger partial charge in [-0.25, -0.2) is 4.85 Å². The van der Waals surface area contributed by atoms with E-state index in [4.69, 9.17) is 6.57 Å². The zero-order valence-corrected chi connectivity index (χ0v) is 9.53. The summed E-state index contributed by atoms with van der Waals surface area (Å²) < 4.78 is 0. The first-order valence-electron chi connectivity index (χ1n) is 5.45. The van der Waals surface area contributed by atoms with Crippen LogP contribution in [0.25, 0.3) is 4.85 Å². The molecule has 1 amide bonds. The minimum atomic E-state index is 0.0905. The summed E-state index contributed by atoms with van der Waals surface area (Å²) in [4.78, 5) is 17.4. The van der Waals surface area contributed by atoms with Crippen LogP contribution in [0.5, 0.6) is 0 Å². The molecule has 0 aromatic heterocycles. The van der Waals surface area contributed by atoms with Crippen molar-refractivity contribution in [3.8, 4) is 0 Å². The first-order valence-corrected chi connectivity index (χ1v) is 5.45. The Hall–Kier alpha value is -1.82. The molecule has 0 aliphatic carbocycles. The van der Waals surface area contributed by atoms with Gasteiger partial charge in [-0.15, -0.1) is 0 Å². The summed E-state index contributed by atoms with van der Waals surface area (Å²) in [5, 5.41) is 0. The zero-order valence-electron chi connectivity index (χ0n) is 9.53. The van der Waals surface area contributed by atoms with Crippen LogP contribution >= 0.6 is 0 Å². The lowest BCUT2D eigenvalue weighted by atomic mass is 9.97. The van der Waals surface area contributed by atoms with Crippen LogP contribution in [0.15, 0.2) is 18.2 Å². The van der Waals surface area contributed by atoms with Gasteiger partial charge in [-0.3, -0.25) is 4.79 Å². The molecule has 3 heteroatoms. The van der Waals surface area contributed by atoms with E-state index in [0.29, 0.717) is 5.69 Å². The fraction of sp³-hybridized carbons (Fsp3) is 0.385. The molecule has 2 rings (SSSR count). The molecule has 0 atom stereocenters. The molecule has 0 saturated carbocycles. The molecule has 1 aliphatic heterocycles. The van der Waals surface area contributed by atoms with Crippen molar-refractivity contribution in [1.29, 1.82) is 0 Å². The van der Waals surface area contributed by atoms with Gasteiger partial charge >= 0.3 is 0 Å². The summed E-state index contributed by atoms with van der Waals surface area (Å²) in [6.07, 6.45) is 0.850. The highest BCUT2D eigenvalue weighted by molar-refractivity contribution is 5.97. The highest BCUT2D eigenvalue weighted by atomic mass is 16.2. The number of nitrogens with zero attached hydrogens (tertiary/aromatic N) is 2. The van der Waals surface area contributed by atoms with Crippen LogP contribution in [-0.4, -0.2) is 23.4 Å². The van der Waals surface area contributed by atoms with Gasteiger partial charge in [0.25, 0.3) is 5.91 Å². The molecule has 16 heavy (non-hydrogen) atoms. The van der Waals surface area contributed by atoms with Crippen LogP contribution in [0.4, 0.5) is 5.69 Å². The number of amides is 1. The average molecular weight is 214 g/mol. The molecule has 1 aliphatic rings. The topological polar surface area (TPSA) is 24.7 Å². The Morgan fingerprint density at radius 3 is 2.81 bits per heavy atom. The summed E-state index contributed by atoms with van der Waals surface area (Å²) >= 11 is 0. The summed E-state index contributed by atoms with van der Waals surface area (Å²) in [6, 6.07) is 5.56. The highest BCUT2D eigenvalue weighted by Crippen LogP contribution is 2.24. The Bertz CT molecular complexity index is 471. The van der Waals surface area contributed by atoms with E-state index in [1.54, 1.807) is 12.1 Å². The number of hydrogen-bond donors (Lipinski definition) is 0. The fourth-order valence-corrected chi connectivity index (χ4v) is 2.06. The van der Waals surface area contributed by atoms with Crippen LogP contribution in [0.3, 0.4) is 0 Å². The van der Waals surface area contributed by atoms with Crippen LogP contribution in [0, 0.1) is 6.57 Å². The first-order chi connectivity index (χ1) is 7.63. The quantitative estimate of drug-likeness (QED) is 0.659. The van der Waals surface area contributed by atoms with Crippen molar-refractivity contribution in [3.05, 3.63) is 40.7 Å². The van der Waals surface area contributed by atoms with Crippen LogP contribution in [0.2, 0.25) is 0 Å². The van der Waals surface area contributed by atoms with Crippen molar-refractivity contribution in [2.45, 2.75) is 26.3 Å². The molecule has 0 spiro atoms. The van der Waals surface area contributed by atoms with E-state index in [-0.39, 0.29) is 11.9 Å². The monoisotopic (exact) mass is 214 g/mol. The Kier molecular flexibility index (Phi) is 2.66. The maximum Gasteiger partial charge on any atom is 0.254 e. The Morgan fingerprint density at radius 2 is 2.19 bits per heavy atom. The summed E-state index contributed by atoms with van der Waals surface area (Å²) in [6.45, 7) is 11.8. The third-order valence-corrected chi connectivity index (χ3v) is 2.95. The molecule has 82 valence electrons. The molecule has 1 heterocycles. The van der Waals surface area contributed by atoms with E-state index in [0.717, 1.165) is 24.1 Å². The second-order valence-electron chi connectivity index (χ2n) is 4.30. The summed E-state index contributed by atoms with van der Waals surface area (Å²) in [5.41, 5.74) is 2.38. The predicted molar refractivity (Wildman–Crippen MR) is 62.6 cm³/mol. The van der Waals surface area contributed by atoms with E-state index in [1.807, 2.05) is 24.8 Å². The molecular weight excluding hydrogens is 200 g/mol. The second kappa shape index (κ2) is 3.97. The number of benzene rings is 1. The summed E-state index contributed by atoms with van der Waals surface area (Å²) in [5.74, 6) is 0.0905. The standard InChI is InChI=1S/C13H14N2O/c1-9(2)15-7-6-10-8-11(14-3)4-5-12(10)13(15)16/h4-5,8-9H,6-7H2,1-2H3. The summed E-state index contributed by atoms with van der Waals surface area (Å²) in [7, 11) is 0. The number of rotatable bonds is 1. The molecule has 0 bridgehead atoms. The van der Waals surface area contributed by atoms with Gasteiger partial charge in [-0.2, -0.15) is 0 Å². The minimum Gasteiger partial charge on any atom is -0.336 e. The van der Waals surface area contributed by atoms with Crippen LogP contribution in [0.1, 0.15) is 29.8 Å². The number of hydrogen-bond acceptors (Lipinski definition) is 1. The van der Waals surface area contributed by atoms with E-state index in [9.17, 15) is 4.79 Å². The normalized spacial score (nSPS) is 14.9. The van der Waals surface area contributed by atoms with E-state index in [2.05, 4.69) is 4.85 Å². The third-order valence-electron chi connectivity index (χ3n) is 2.95. The number of carbonyl (C=O) groups is 1. The van der Waals surface area contributed by atoms with Crippen molar-refractivity contribution in [2.24, 2.45) is 0 Å². The molecule has 3 nitrogen and oxygen atoms in total. The van der Waals surface area contributed by atoms with Gasteiger partial charge in [0.2, 0.25) is 0 Å².